The van der Waals surface area contributed by atoms with E-state index >= 15 is 0 Å². The molecule has 1 rings (SSSR count). The second-order valence-electron chi connectivity index (χ2n) is 2.47. The van der Waals surface area contributed by atoms with Gasteiger partial charge in [-0.15, -0.1) is 0 Å². The van der Waals surface area contributed by atoms with Crippen molar-refractivity contribution in [2.45, 2.75) is 12.7 Å². The van der Waals surface area contributed by atoms with Gasteiger partial charge < -0.3 is 9.47 Å². The van der Waals surface area contributed by atoms with Crippen LogP contribution in [0.25, 0.3) is 0 Å². The summed E-state index contributed by atoms with van der Waals surface area (Å²) in [4.78, 5) is 4.00. The second-order valence-corrected chi connectivity index (χ2v) is 2.47. The van der Waals surface area contributed by atoms with Gasteiger partial charge in [0.2, 0.25) is 0 Å². The summed E-state index contributed by atoms with van der Waals surface area (Å²) in [6.45, 7) is 0. The van der Waals surface area contributed by atoms with Gasteiger partial charge in [-0.1, -0.05) is 6.07 Å². The number of pyridine rings is 1. The zero-order valence-corrected chi connectivity index (χ0v) is 7.36. The minimum atomic E-state index is -0.172. The number of hydrogen-bond donors (Lipinski definition) is 0. The molecule has 0 aromatic carbocycles. The van der Waals surface area contributed by atoms with Crippen LogP contribution in [0.15, 0.2) is 24.5 Å². The van der Waals surface area contributed by atoms with E-state index in [1.54, 1.807) is 20.4 Å². The largest absolute Gasteiger partial charge is 0.356 e. The Labute approximate surface area is 72.3 Å². The van der Waals surface area contributed by atoms with Crippen molar-refractivity contribution in [2.24, 2.45) is 0 Å². The quantitative estimate of drug-likeness (QED) is 0.632. The number of hydrogen-bond acceptors (Lipinski definition) is 3. The van der Waals surface area contributed by atoms with Crippen molar-refractivity contribution >= 4 is 0 Å². The zero-order valence-electron chi connectivity index (χ0n) is 7.36. The number of nitrogens with zero attached hydrogens (tertiary/aromatic N) is 1. The number of aromatic nitrogens is 1. The minimum Gasteiger partial charge on any atom is -0.356 e. The van der Waals surface area contributed by atoms with Crippen LogP contribution >= 0.6 is 0 Å². The SMILES string of the molecule is COC(Cc1cccnc1)OC. The van der Waals surface area contributed by atoms with Gasteiger partial charge in [0.15, 0.2) is 6.29 Å². The van der Waals surface area contributed by atoms with Crippen molar-refractivity contribution in [2.75, 3.05) is 14.2 Å². The van der Waals surface area contributed by atoms with Gasteiger partial charge >= 0.3 is 0 Å². The summed E-state index contributed by atoms with van der Waals surface area (Å²) in [6, 6.07) is 3.90. The van der Waals surface area contributed by atoms with Crippen LogP contribution in [-0.2, 0) is 15.9 Å². The van der Waals surface area contributed by atoms with E-state index in [0.717, 1.165) is 12.0 Å². The molecule has 0 saturated heterocycles. The lowest BCUT2D eigenvalue weighted by Gasteiger charge is -2.12. The first-order valence-corrected chi connectivity index (χ1v) is 3.81. The van der Waals surface area contributed by atoms with Crippen LogP contribution < -0.4 is 0 Å². The first kappa shape index (κ1) is 9.16. The van der Waals surface area contributed by atoms with Crippen LogP contribution in [0.5, 0.6) is 0 Å². The fourth-order valence-electron chi connectivity index (χ4n) is 0.974. The van der Waals surface area contributed by atoms with E-state index in [1.807, 2.05) is 18.3 Å². The molecule has 0 aliphatic heterocycles. The molecular weight excluding hydrogens is 154 g/mol. The van der Waals surface area contributed by atoms with Crippen LogP contribution in [-0.4, -0.2) is 25.5 Å². The van der Waals surface area contributed by atoms with Gasteiger partial charge in [-0.05, 0) is 11.6 Å². The van der Waals surface area contributed by atoms with Crippen LogP contribution in [0, 0.1) is 0 Å². The van der Waals surface area contributed by atoms with E-state index in [9.17, 15) is 0 Å². The Bertz CT molecular complexity index is 209. The molecule has 1 aromatic rings. The summed E-state index contributed by atoms with van der Waals surface area (Å²) in [5.74, 6) is 0. The van der Waals surface area contributed by atoms with Crippen molar-refractivity contribution < 1.29 is 9.47 Å². The average molecular weight is 167 g/mol. The van der Waals surface area contributed by atoms with Crippen molar-refractivity contribution in [3.8, 4) is 0 Å². The van der Waals surface area contributed by atoms with Crippen molar-refractivity contribution in [1.82, 2.24) is 4.98 Å². The molecule has 0 bridgehead atoms. The maximum absolute atomic E-state index is 5.05. The van der Waals surface area contributed by atoms with Crippen molar-refractivity contribution in [3.63, 3.8) is 0 Å². The van der Waals surface area contributed by atoms with Gasteiger partial charge in [-0.25, -0.2) is 0 Å². The normalized spacial score (nSPS) is 10.6. The van der Waals surface area contributed by atoms with E-state index in [2.05, 4.69) is 4.98 Å². The van der Waals surface area contributed by atoms with Gasteiger partial charge in [0.05, 0.1) is 0 Å². The van der Waals surface area contributed by atoms with Crippen LogP contribution in [0.2, 0.25) is 0 Å². The summed E-state index contributed by atoms with van der Waals surface area (Å²) in [5, 5.41) is 0. The molecular formula is C9H13NO2. The Morgan fingerprint density at radius 2 is 2.17 bits per heavy atom. The van der Waals surface area contributed by atoms with Crippen molar-refractivity contribution in [3.05, 3.63) is 30.1 Å². The minimum absolute atomic E-state index is 0.172. The Morgan fingerprint density at radius 3 is 2.67 bits per heavy atom. The molecule has 1 heterocycles. The van der Waals surface area contributed by atoms with Crippen LogP contribution in [0.4, 0.5) is 0 Å². The second kappa shape index (κ2) is 4.85. The van der Waals surface area contributed by atoms with Gasteiger partial charge in [0, 0.05) is 33.0 Å². The van der Waals surface area contributed by atoms with Crippen LogP contribution in [0.1, 0.15) is 5.56 Å². The summed E-state index contributed by atoms with van der Waals surface area (Å²) in [5.41, 5.74) is 1.12. The summed E-state index contributed by atoms with van der Waals surface area (Å²) in [7, 11) is 3.26. The van der Waals surface area contributed by atoms with Gasteiger partial charge in [0.25, 0.3) is 0 Å². The summed E-state index contributed by atoms with van der Waals surface area (Å²) in [6.07, 6.45) is 4.12. The van der Waals surface area contributed by atoms with Gasteiger partial charge in [0.1, 0.15) is 0 Å². The smallest absolute Gasteiger partial charge is 0.160 e. The fourth-order valence-corrected chi connectivity index (χ4v) is 0.974. The van der Waals surface area contributed by atoms with E-state index in [1.165, 1.54) is 0 Å². The third kappa shape index (κ3) is 2.60. The molecule has 3 nitrogen and oxygen atoms in total. The van der Waals surface area contributed by atoms with Gasteiger partial charge in [-0.2, -0.15) is 0 Å². The molecule has 0 atom stereocenters. The number of methoxy groups -OCH3 is 2. The summed E-state index contributed by atoms with van der Waals surface area (Å²) < 4.78 is 10.1. The fraction of sp³-hybridized carbons (Fsp3) is 0.444. The first-order valence-electron chi connectivity index (χ1n) is 3.81. The highest BCUT2D eigenvalue weighted by molar-refractivity contribution is 5.08. The van der Waals surface area contributed by atoms with E-state index in [4.69, 9.17) is 9.47 Å². The first-order chi connectivity index (χ1) is 5.86. The molecule has 0 amide bonds. The molecule has 0 radical (unpaired) electrons. The maximum atomic E-state index is 5.05. The summed E-state index contributed by atoms with van der Waals surface area (Å²) >= 11 is 0. The number of ether oxygens (including phenoxy) is 2. The molecule has 0 N–H and O–H groups in total. The zero-order chi connectivity index (χ0) is 8.81. The molecule has 0 saturated carbocycles. The molecule has 0 unspecified atom stereocenters. The Balaban J connectivity index is 2.51. The van der Waals surface area contributed by atoms with E-state index in [-0.39, 0.29) is 6.29 Å². The highest BCUT2D eigenvalue weighted by atomic mass is 16.7. The molecule has 66 valence electrons. The third-order valence-corrected chi connectivity index (χ3v) is 1.65. The van der Waals surface area contributed by atoms with E-state index < -0.39 is 0 Å². The molecule has 1 aromatic heterocycles. The topological polar surface area (TPSA) is 31.4 Å². The highest BCUT2D eigenvalue weighted by Crippen LogP contribution is 2.03. The molecule has 0 aliphatic rings. The monoisotopic (exact) mass is 167 g/mol. The number of rotatable bonds is 4. The lowest BCUT2D eigenvalue weighted by Crippen LogP contribution is -2.15. The molecule has 0 fully saturated rings. The third-order valence-electron chi connectivity index (χ3n) is 1.65. The van der Waals surface area contributed by atoms with Gasteiger partial charge in [-0.3, -0.25) is 4.98 Å². The van der Waals surface area contributed by atoms with E-state index in [0.29, 0.717) is 0 Å². The van der Waals surface area contributed by atoms with Crippen molar-refractivity contribution in [1.29, 1.82) is 0 Å². The average Bonchev–Trinajstić information content (AvgIpc) is 2.16. The molecule has 0 aliphatic carbocycles. The Hall–Kier alpha value is -0.930. The lowest BCUT2D eigenvalue weighted by atomic mass is 10.2. The van der Waals surface area contributed by atoms with Crippen LogP contribution in [0.3, 0.4) is 0 Å². The Kier molecular flexibility index (Phi) is 3.70. The predicted octanol–water partition coefficient (Wildman–Crippen LogP) is 1.24. The molecule has 3 heteroatoms. The predicted molar refractivity (Wildman–Crippen MR) is 45.7 cm³/mol. The lowest BCUT2D eigenvalue weighted by molar-refractivity contribution is -0.100. The highest BCUT2D eigenvalue weighted by Gasteiger charge is 2.05. The standard InChI is InChI=1S/C9H13NO2/c1-11-9(12-2)6-8-4-3-5-10-7-8/h3-5,7,9H,6H2,1-2H3. The molecule has 12 heavy (non-hydrogen) atoms. The Morgan fingerprint density at radius 1 is 1.42 bits per heavy atom. The maximum Gasteiger partial charge on any atom is 0.160 e. The molecule has 0 spiro atoms.